The minimum atomic E-state index is -0.0948. The number of hydrogen-bond acceptors (Lipinski definition) is 6. The summed E-state index contributed by atoms with van der Waals surface area (Å²) in [5, 5.41) is 17.0. The molecule has 3 heterocycles. The third-order valence-corrected chi connectivity index (χ3v) is 5.33. The van der Waals surface area contributed by atoms with Crippen molar-refractivity contribution in [2.24, 2.45) is 4.99 Å². The Bertz CT molecular complexity index is 549. The van der Waals surface area contributed by atoms with Crippen LogP contribution < -0.4 is 5.32 Å². The number of nitrogens with zero attached hydrogens (tertiary/aromatic N) is 5. The zero-order valence-corrected chi connectivity index (χ0v) is 16.5. The molecule has 27 heavy (non-hydrogen) atoms. The van der Waals surface area contributed by atoms with Crippen LogP contribution in [0.5, 0.6) is 0 Å². The van der Waals surface area contributed by atoms with E-state index in [0.717, 1.165) is 96.4 Å². The van der Waals surface area contributed by atoms with Gasteiger partial charge in [0.05, 0.1) is 11.8 Å². The summed E-state index contributed by atoms with van der Waals surface area (Å²) in [6.07, 6.45) is 4.42. The summed E-state index contributed by atoms with van der Waals surface area (Å²) in [4.78, 5) is 12.1. The fourth-order valence-corrected chi connectivity index (χ4v) is 3.71. The molecule has 0 saturated carbocycles. The van der Waals surface area contributed by atoms with Gasteiger partial charge < -0.3 is 24.7 Å². The summed E-state index contributed by atoms with van der Waals surface area (Å²) < 4.78 is 4.92. The molecule has 2 saturated heterocycles. The van der Waals surface area contributed by atoms with Gasteiger partial charge in [-0.1, -0.05) is 5.16 Å². The van der Waals surface area contributed by atoms with Gasteiger partial charge in [-0.2, -0.15) is 0 Å². The second-order valence-corrected chi connectivity index (χ2v) is 7.42. The van der Waals surface area contributed by atoms with Crippen LogP contribution in [0, 0.1) is 0 Å². The third-order valence-electron chi connectivity index (χ3n) is 5.33. The molecule has 152 valence electrons. The van der Waals surface area contributed by atoms with Crippen LogP contribution in [0.15, 0.2) is 21.8 Å². The Hall–Kier alpha value is -1.64. The first-order chi connectivity index (χ1) is 13.2. The summed E-state index contributed by atoms with van der Waals surface area (Å²) in [5.74, 6) is 1.03. The number of aliphatic hydroxyl groups excluding tert-OH is 1. The van der Waals surface area contributed by atoms with Crippen LogP contribution in [0.2, 0.25) is 0 Å². The van der Waals surface area contributed by atoms with E-state index in [0.29, 0.717) is 0 Å². The van der Waals surface area contributed by atoms with E-state index in [1.54, 1.807) is 6.26 Å². The number of likely N-dealkylation sites (tertiary alicyclic amines) is 1. The zero-order valence-electron chi connectivity index (χ0n) is 16.5. The van der Waals surface area contributed by atoms with Crippen molar-refractivity contribution >= 4 is 5.96 Å². The molecule has 0 amide bonds. The van der Waals surface area contributed by atoms with Gasteiger partial charge in [-0.3, -0.25) is 9.89 Å². The molecule has 8 heteroatoms. The number of aliphatic hydroxyl groups is 1. The Balaban J connectivity index is 1.39. The van der Waals surface area contributed by atoms with E-state index in [2.05, 4.69) is 32.1 Å². The minimum absolute atomic E-state index is 0.0948. The second-order valence-electron chi connectivity index (χ2n) is 7.42. The Morgan fingerprint density at radius 3 is 2.67 bits per heavy atom. The van der Waals surface area contributed by atoms with E-state index in [-0.39, 0.29) is 6.10 Å². The summed E-state index contributed by atoms with van der Waals surface area (Å²) in [6, 6.07) is 1.93. The highest BCUT2D eigenvalue weighted by molar-refractivity contribution is 5.80. The monoisotopic (exact) mass is 378 g/mol. The van der Waals surface area contributed by atoms with Crippen molar-refractivity contribution in [1.82, 2.24) is 25.2 Å². The number of nitrogens with one attached hydrogen (secondary N) is 1. The van der Waals surface area contributed by atoms with Gasteiger partial charge in [-0.25, -0.2) is 0 Å². The molecule has 0 aromatic carbocycles. The van der Waals surface area contributed by atoms with Crippen molar-refractivity contribution in [2.45, 2.75) is 38.8 Å². The quantitative estimate of drug-likeness (QED) is 0.409. The third kappa shape index (κ3) is 6.48. The molecule has 0 bridgehead atoms. The Labute approximate surface area is 162 Å². The van der Waals surface area contributed by atoms with Gasteiger partial charge in [0, 0.05) is 65.0 Å². The second kappa shape index (κ2) is 10.6. The molecule has 0 atom stereocenters. The largest absolute Gasteiger partial charge is 0.393 e. The normalized spacial score (nSPS) is 21.0. The molecule has 1 aromatic heterocycles. The molecule has 0 aliphatic carbocycles. The smallest absolute Gasteiger partial charge is 0.194 e. The first-order valence-electron chi connectivity index (χ1n) is 10.3. The van der Waals surface area contributed by atoms with Crippen molar-refractivity contribution in [2.75, 3.05) is 58.9 Å². The lowest BCUT2D eigenvalue weighted by molar-refractivity contribution is 0.0824. The summed E-state index contributed by atoms with van der Waals surface area (Å²) in [5.41, 5.74) is 0.995. The van der Waals surface area contributed by atoms with E-state index in [1.165, 1.54) is 0 Å². The molecule has 2 aliphatic heterocycles. The highest BCUT2D eigenvalue weighted by Crippen LogP contribution is 2.10. The molecule has 2 N–H and O–H groups in total. The number of piperazine rings is 1. The predicted molar refractivity (Wildman–Crippen MR) is 106 cm³/mol. The van der Waals surface area contributed by atoms with Gasteiger partial charge in [-0.15, -0.1) is 0 Å². The van der Waals surface area contributed by atoms with Gasteiger partial charge in [0.25, 0.3) is 0 Å². The SMILES string of the molecule is CCNC(=NCCCN1CCC(O)CC1)N1CCN(Cc2ccon2)CC1. The number of rotatable bonds is 7. The van der Waals surface area contributed by atoms with Crippen molar-refractivity contribution < 1.29 is 9.63 Å². The van der Waals surface area contributed by atoms with Gasteiger partial charge in [-0.05, 0) is 32.7 Å². The molecule has 0 spiro atoms. The first kappa shape index (κ1) is 20.1. The van der Waals surface area contributed by atoms with Gasteiger partial charge >= 0.3 is 0 Å². The van der Waals surface area contributed by atoms with E-state index in [4.69, 9.17) is 9.52 Å². The van der Waals surface area contributed by atoms with Crippen LogP contribution in [0.1, 0.15) is 31.9 Å². The Morgan fingerprint density at radius 1 is 1.22 bits per heavy atom. The Kier molecular flexibility index (Phi) is 7.92. The van der Waals surface area contributed by atoms with Crippen molar-refractivity contribution in [3.05, 3.63) is 18.0 Å². The highest BCUT2D eigenvalue weighted by Gasteiger charge is 2.20. The molecule has 0 unspecified atom stereocenters. The van der Waals surface area contributed by atoms with Crippen LogP contribution in [0.3, 0.4) is 0 Å². The summed E-state index contributed by atoms with van der Waals surface area (Å²) in [6.45, 7) is 11.8. The number of hydrogen-bond donors (Lipinski definition) is 2. The molecule has 2 aliphatic rings. The molecule has 8 nitrogen and oxygen atoms in total. The maximum atomic E-state index is 9.59. The molecule has 1 aromatic rings. The Morgan fingerprint density at radius 2 is 2.00 bits per heavy atom. The number of guanidine groups is 1. The first-order valence-corrected chi connectivity index (χ1v) is 10.3. The maximum absolute atomic E-state index is 9.59. The van der Waals surface area contributed by atoms with Crippen LogP contribution in [-0.2, 0) is 6.54 Å². The molecular weight excluding hydrogens is 344 g/mol. The van der Waals surface area contributed by atoms with Crippen molar-refractivity contribution in [1.29, 1.82) is 0 Å². The standard InChI is InChI=1S/C19H34N6O2/c1-2-20-19(21-7-3-8-23-9-4-18(26)5-10-23)25-13-11-24(12-14-25)16-17-6-15-27-22-17/h6,15,18,26H,2-5,7-14,16H2,1H3,(H,20,21). The predicted octanol–water partition coefficient (Wildman–Crippen LogP) is 0.605. The van der Waals surface area contributed by atoms with Crippen molar-refractivity contribution in [3.63, 3.8) is 0 Å². The number of aromatic nitrogens is 1. The van der Waals surface area contributed by atoms with Gasteiger partial charge in [0.1, 0.15) is 6.26 Å². The lowest BCUT2D eigenvalue weighted by Gasteiger charge is -2.36. The van der Waals surface area contributed by atoms with Crippen LogP contribution in [0.25, 0.3) is 0 Å². The van der Waals surface area contributed by atoms with E-state index in [1.807, 2.05) is 6.07 Å². The van der Waals surface area contributed by atoms with Crippen molar-refractivity contribution in [3.8, 4) is 0 Å². The average molecular weight is 379 g/mol. The lowest BCUT2D eigenvalue weighted by atomic mass is 10.1. The zero-order chi connectivity index (χ0) is 18.9. The minimum Gasteiger partial charge on any atom is -0.393 e. The summed E-state index contributed by atoms with van der Waals surface area (Å²) in [7, 11) is 0. The van der Waals surface area contributed by atoms with Crippen LogP contribution in [0.4, 0.5) is 0 Å². The van der Waals surface area contributed by atoms with Gasteiger partial charge in [0.2, 0.25) is 0 Å². The molecular formula is C19H34N6O2. The van der Waals surface area contributed by atoms with E-state index in [9.17, 15) is 5.11 Å². The van der Waals surface area contributed by atoms with E-state index < -0.39 is 0 Å². The average Bonchev–Trinajstić information content (AvgIpc) is 3.19. The number of aliphatic imine (C=N–C) groups is 1. The lowest BCUT2D eigenvalue weighted by Crippen LogP contribution is -2.52. The van der Waals surface area contributed by atoms with Crippen LogP contribution in [-0.4, -0.2) is 95.9 Å². The molecule has 2 fully saturated rings. The topological polar surface area (TPSA) is 80.4 Å². The molecule has 3 rings (SSSR count). The number of piperidine rings is 1. The fourth-order valence-electron chi connectivity index (χ4n) is 3.71. The fraction of sp³-hybridized carbons (Fsp3) is 0.789. The van der Waals surface area contributed by atoms with Gasteiger partial charge in [0.15, 0.2) is 5.96 Å². The van der Waals surface area contributed by atoms with Crippen LogP contribution >= 0.6 is 0 Å². The summed E-state index contributed by atoms with van der Waals surface area (Å²) >= 11 is 0. The molecule has 0 radical (unpaired) electrons. The maximum Gasteiger partial charge on any atom is 0.194 e. The highest BCUT2D eigenvalue weighted by atomic mass is 16.5. The van der Waals surface area contributed by atoms with E-state index >= 15 is 0 Å².